The first-order chi connectivity index (χ1) is 11.9. The van der Waals surface area contributed by atoms with Gasteiger partial charge < -0.3 is 5.32 Å². The summed E-state index contributed by atoms with van der Waals surface area (Å²) in [5.41, 5.74) is 2.93. The molecule has 2 aromatic carbocycles. The lowest BCUT2D eigenvalue weighted by Gasteiger charge is -2.16. The molecule has 1 aliphatic heterocycles. The van der Waals surface area contributed by atoms with Gasteiger partial charge in [-0.15, -0.1) is 0 Å². The molecular formula is C19H18N2O3S. The van der Waals surface area contributed by atoms with Crippen LogP contribution >= 0.6 is 0 Å². The minimum atomic E-state index is -3.28. The molecule has 0 aliphatic carbocycles. The molecule has 0 atom stereocenters. The van der Waals surface area contributed by atoms with Crippen molar-refractivity contribution >= 4 is 21.6 Å². The molecule has 0 fully saturated rings. The van der Waals surface area contributed by atoms with E-state index in [1.165, 1.54) is 10.6 Å². The van der Waals surface area contributed by atoms with Gasteiger partial charge >= 0.3 is 0 Å². The second kappa shape index (κ2) is 6.99. The Balaban J connectivity index is 1.65. The van der Waals surface area contributed by atoms with E-state index in [4.69, 9.17) is 0 Å². The number of hydrogen-bond donors (Lipinski definition) is 1. The van der Waals surface area contributed by atoms with E-state index >= 15 is 0 Å². The Kier molecular flexibility index (Phi) is 4.77. The molecule has 5 nitrogen and oxygen atoms in total. The molecule has 128 valence electrons. The van der Waals surface area contributed by atoms with Crippen molar-refractivity contribution in [3.63, 3.8) is 0 Å². The summed E-state index contributed by atoms with van der Waals surface area (Å²) in [6.45, 7) is 0.669. The Morgan fingerprint density at radius 1 is 1.20 bits per heavy atom. The number of carbonyl (C=O) groups is 1. The fraction of sp³-hybridized carbons (Fsp3) is 0.211. The molecule has 1 amide bonds. The summed E-state index contributed by atoms with van der Waals surface area (Å²) >= 11 is 0. The molecule has 3 rings (SSSR count). The zero-order valence-electron chi connectivity index (χ0n) is 13.8. The van der Waals surface area contributed by atoms with Crippen LogP contribution in [0.25, 0.3) is 0 Å². The van der Waals surface area contributed by atoms with Gasteiger partial charge in [-0.25, -0.2) is 8.42 Å². The summed E-state index contributed by atoms with van der Waals surface area (Å²) in [7, 11) is -3.28. The van der Waals surface area contributed by atoms with Crippen LogP contribution in [0.5, 0.6) is 0 Å². The number of nitrogens with zero attached hydrogens (tertiary/aromatic N) is 1. The van der Waals surface area contributed by atoms with Crippen LogP contribution in [0.2, 0.25) is 0 Å². The summed E-state index contributed by atoms with van der Waals surface area (Å²) in [4.78, 5) is 12.2. The van der Waals surface area contributed by atoms with Crippen molar-refractivity contribution < 1.29 is 13.2 Å². The lowest BCUT2D eigenvalue weighted by molar-refractivity contribution is 0.0958. The molecule has 6 heteroatoms. The van der Waals surface area contributed by atoms with Crippen LogP contribution in [0.4, 0.5) is 5.69 Å². The van der Waals surface area contributed by atoms with Gasteiger partial charge in [0.25, 0.3) is 5.91 Å². The number of rotatable bonds is 3. The molecule has 2 aromatic rings. The van der Waals surface area contributed by atoms with E-state index < -0.39 is 10.0 Å². The van der Waals surface area contributed by atoms with Gasteiger partial charge in [0.05, 0.1) is 18.5 Å². The normalized spacial score (nSPS) is 12.9. The molecule has 0 saturated heterocycles. The fourth-order valence-electron chi connectivity index (χ4n) is 2.75. The second-order valence-electron chi connectivity index (χ2n) is 5.78. The van der Waals surface area contributed by atoms with Gasteiger partial charge in [-0.2, -0.15) is 0 Å². The maximum atomic E-state index is 12.2. The highest BCUT2D eigenvalue weighted by Gasteiger charge is 2.26. The van der Waals surface area contributed by atoms with Crippen molar-refractivity contribution in [2.24, 2.45) is 0 Å². The molecule has 0 saturated carbocycles. The SMILES string of the molecule is CS(=O)(=O)N1CCc2cc(C(=O)NCC#Cc3ccccc3)ccc21. The van der Waals surface area contributed by atoms with Gasteiger partial charge in [0, 0.05) is 17.7 Å². The Morgan fingerprint density at radius 2 is 1.96 bits per heavy atom. The predicted molar refractivity (Wildman–Crippen MR) is 98.0 cm³/mol. The van der Waals surface area contributed by atoms with Gasteiger partial charge in [-0.1, -0.05) is 30.0 Å². The highest BCUT2D eigenvalue weighted by atomic mass is 32.2. The van der Waals surface area contributed by atoms with Crippen LogP contribution in [0.3, 0.4) is 0 Å². The van der Waals surface area contributed by atoms with Crippen LogP contribution < -0.4 is 9.62 Å². The number of amides is 1. The van der Waals surface area contributed by atoms with Crippen LogP contribution in [-0.2, 0) is 16.4 Å². The fourth-order valence-corrected chi connectivity index (χ4v) is 3.71. The molecule has 0 radical (unpaired) electrons. The van der Waals surface area contributed by atoms with E-state index in [-0.39, 0.29) is 12.5 Å². The van der Waals surface area contributed by atoms with E-state index in [0.717, 1.165) is 11.1 Å². The van der Waals surface area contributed by atoms with Crippen LogP contribution in [-0.4, -0.2) is 33.7 Å². The first-order valence-corrected chi connectivity index (χ1v) is 9.73. The number of benzene rings is 2. The Labute approximate surface area is 147 Å². The van der Waals surface area contributed by atoms with Crippen LogP contribution in [0.1, 0.15) is 21.5 Å². The highest BCUT2D eigenvalue weighted by Crippen LogP contribution is 2.30. The van der Waals surface area contributed by atoms with Crippen molar-refractivity contribution in [2.75, 3.05) is 23.7 Å². The maximum Gasteiger partial charge on any atom is 0.252 e. The Morgan fingerprint density at radius 3 is 2.68 bits per heavy atom. The third kappa shape index (κ3) is 4.01. The predicted octanol–water partition coefficient (Wildman–Crippen LogP) is 1.79. The van der Waals surface area contributed by atoms with E-state index in [1.54, 1.807) is 18.2 Å². The lowest BCUT2D eigenvalue weighted by atomic mass is 10.1. The molecule has 0 bridgehead atoms. The Bertz CT molecular complexity index is 957. The summed E-state index contributed by atoms with van der Waals surface area (Å²) < 4.78 is 24.8. The van der Waals surface area contributed by atoms with Crippen LogP contribution in [0.15, 0.2) is 48.5 Å². The second-order valence-corrected chi connectivity index (χ2v) is 7.69. The summed E-state index contributed by atoms with van der Waals surface area (Å²) in [6, 6.07) is 14.6. The van der Waals surface area contributed by atoms with Crippen molar-refractivity contribution in [3.05, 3.63) is 65.2 Å². The molecular weight excluding hydrogens is 336 g/mol. The van der Waals surface area contributed by atoms with E-state index in [2.05, 4.69) is 17.2 Å². The quantitative estimate of drug-likeness (QED) is 0.855. The number of anilines is 1. The number of hydrogen-bond acceptors (Lipinski definition) is 3. The zero-order valence-corrected chi connectivity index (χ0v) is 14.6. The van der Waals surface area contributed by atoms with Crippen molar-refractivity contribution in [3.8, 4) is 11.8 Å². The summed E-state index contributed by atoms with van der Waals surface area (Å²) in [6.07, 6.45) is 1.80. The van der Waals surface area contributed by atoms with E-state index in [9.17, 15) is 13.2 Å². The standard InChI is InChI=1S/C19H18N2O3S/c1-25(23,24)21-13-11-16-14-17(9-10-18(16)21)19(22)20-12-5-8-15-6-3-2-4-7-15/h2-4,6-7,9-10,14H,11-13H2,1H3,(H,20,22). The van der Waals surface area contributed by atoms with E-state index in [0.29, 0.717) is 24.2 Å². The first kappa shape index (κ1) is 17.1. The summed E-state index contributed by atoms with van der Waals surface area (Å²) in [5.74, 6) is 5.67. The first-order valence-electron chi connectivity index (χ1n) is 7.88. The third-order valence-corrected chi connectivity index (χ3v) is 5.12. The minimum absolute atomic E-state index is 0.219. The van der Waals surface area contributed by atoms with Gasteiger partial charge in [0.2, 0.25) is 10.0 Å². The van der Waals surface area contributed by atoms with Gasteiger partial charge in [0.15, 0.2) is 0 Å². The molecule has 1 aliphatic rings. The van der Waals surface area contributed by atoms with Crippen molar-refractivity contribution in [1.82, 2.24) is 5.32 Å². The molecule has 25 heavy (non-hydrogen) atoms. The van der Waals surface area contributed by atoms with E-state index in [1.807, 2.05) is 30.3 Å². The highest BCUT2D eigenvalue weighted by molar-refractivity contribution is 7.92. The number of carbonyl (C=O) groups excluding carboxylic acids is 1. The molecule has 0 unspecified atom stereocenters. The van der Waals surface area contributed by atoms with Crippen molar-refractivity contribution in [2.45, 2.75) is 6.42 Å². The van der Waals surface area contributed by atoms with Gasteiger partial charge in [0.1, 0.15) is 0 Å². The average molecular weight is 354 g/mol. The maximum absolute atomic E-state index is 12.2. The van der Waals surface area contributed by atoms with Gasteiger partial charge in [-0.3, -0.25) is 9.10 Å². The number of fused-ring (bicyclic) bond motifs is 1. The lowest BCUT2D eigenvalue weighted by Crippen LogP contribution is -2.27. The van der Waals surface area contributed by atoms with Crippen LogP contribution in [0, 0.1) is 11.8 Å². The topological polar surface area (TPSA) is 66.5 Å². The molecule has 1 heterocycles. The van der Waals surface area contributed by atoms with Gasteiger partial charge in [-0.05, 0) is 42.3 Å². The number of nitrogens with one attached hydrogen (secondary N) is 1. The Hall–Kier alpha value is -2.78. The number of sulfonamides is 1. The largest absolute Gasteiger partial charge is 0.341 e. The molecule has 0 aromatic heterocycles. The smallest absolute Gasteiger partial charge is 0.252 e. The zero-order chi connectivity index (χ0) is 17.9. The molecule has 0 spiro atoms. The minimum Gasteiger partial charge on any atom is -0.341 e. The molecule has 1 N–H and O–H groups in total. The monoisotopic (exact) mass is 354 g/mol. The third-order valence-electron chi connectivity index (χ3n) is 3.94. The van der Waals surface area contributed by atoms with Crippen molar-refractivity contribution in [1.29, 1.82) is 0 Å². The average Bonchev–Trinajstić information content (AvgIpc) is 3.03. The summed E-state index contributed by atoms with van der Waals surface area (Å²) in [5, 5.41) is 2.76.